The number of fused-ring (bicyclic) bond motifs is 2. The molecule has 0 atom stereocenters. The van der Waals surface area contributed by atoms with Crippen LogP contribution in [0.4, 0.5) is 0 Å². The fraction of sp³-hybridized carbons (Fsp3) is 0.296. The predicted molar refractivity (Wildman–Crippen MR) is 144 cm³/mol. The molecule has 0 aromatic carbocycles. The van der Waals surface area contributed by atoms with Crippen LogP contribution in [0.3, 0.4) is 0 Å². The summed E-state index contributed by atoms with van der Waals surface area (Å²) in [5, 5.41) is 0.240. The molecule has 0 saturated carbocycles. The minimum atomic E-state index is -0.666. The zero-order valence-corrected chi connectivity index (χ0v) is 22.4. The third-order valence-electron chi connectivity index (χ3n) is 5.22. The molecule has 3 aromatic heterocycles. The molecule has 0 bridgehead atoms. The highest BCUT2D eigenvalue weighted by Gasteiger charge is 2.21. The average molecular weight is 553 g/mol. The van der Waals surface area contributed by atoms with E-state index in [2.05, 4.69) is 27.5 Å². The summed E-state index contributed by atoms with van der Waals surface area (Å²) in [6.45, 7) is 11.7. The van der Waals surface area contributed by atoms with Crippen LogP contribution >= 0.6 is 15.9 Å². The first-order valence-electron chi connectivity index (χ1n) is 11.6. The van der Waals surface area contributed by atoms with Crippen molar-refractivity contribution in [3.8, 4) is 0 Å². The van der Waals surface area contributed by atoms with E-state index < -0.39 is 11.9 Å². The molecule has 0 aliphatic rings. The molecule has 0 saturated heterocycles. The van der Waals surface area contributed by atoms with Gasteiger partial charge >= 0.3 is 5.97 Å². The number of hydrogen-bond acceptors (Lipinski definition) is 5. The largest absolute Gasteiger partial charge is 0.462 e. The van der Waals surface area contributed by atoms with Crippen LogP contribution in [-0.2, 0) is 16.1 Å². The Morgan fingerprint density at radius 2 is 2.03 bits per heavy atom. The van der Waals surface area contributed by atoms with E-state index >= 15 is 0 Å². The third-order valence-corrected chi connectivity index (χ3v) is 5.77. The number of carbonyl (C=O) groups excluding carboxylic acids is 2. The lowest BCUT2D eigenvalue weighted by Crippen LogP contribution is -2.33. The monoisotopic (exact) mass is 552 g/mol. The van der Waals surface area contributed by atoms with Crippen molar-refractivity contribution in [3.63, 3.8) is 0 Å². The zero-order valence-electron chi connectivity index (χ0n) is 20.8. The minimum Gasteiger partial charge on any atom is -0.462 e. The molecule has 8 nitrogen and oxygen atoms in total. The number of esters is 1. The second kappa shape index (κ2) is 11.9. The fourth-order valence-electron chi connectivity index (χ4n) is 3.70. The quantitative estimate of drug-likeness (QED) is 0.230. The van der Waals surface area contributed by atoms with E-state index in [-0.39, 0.29) is 40.9 Å². The molecule has 0 spiro atoms. The van der Waals surface area contributed by atoms with Gasteiger partial charge in [-0.15, -0.1) is 0 Å². The van der Waals surface area contributed by atoms with E-state index in [1.54, 1.807) is 48.1 Å². The summed E-state index contributed by atoms with van der Waals surface area (Å²) in [5.41, 5.74) is 1.50. The van der Waals surface area contributed by atoms with Crippen molar-refractivity contribution < 1.29 is 14.3 Å². The summed E-state index contributed by atoms with van der Waals surface area (Å²) in [7, 11) is 0. The highest BCUT2D eigenvalue weighted by Crippen LogP contribution is 2.16. The Labute approximate surface area is 217 Å². The number of halogens is 1. The van der Waals surface area contributed by atoms with Crippen molar-refractivity contribution in [2.24, 2.45) is 10.9 Å². The first-order chi connectivity index (χ1) is 17.2. The number of nitrogens with zero attached hydrogens (tertiary/aromatic N) is 4. The molecule has 0 fully saturated rings. The van der Waals surface area contributed by atoms with Gasteiger partial charge in [0.2, 0.25) is 0 Å². The maximum absolute atomic E-state index is 13.4. The normalized spacial score (nSPS) is 12.7. The molecule has 3 heterocycles. The number of pyridine rings is 2. The van der Waals surface area contributed by atoms with Gasteiger partial charge in [-0.05, 0) is 37.5 Å². The van der Waals surface area contributed by atoms with Crippen LogP contribution in [-0.4, -0.2) is 32.4 Å². The summed E-state index contributed by atoms with van der Waals surface area (Å²) in [5.74, 6) is -1.03. The highest BCUT2D eigenvalue weighted by atomic mass is 79.9. The van der Waals surface area contributed by atoms with Crippen LogP contribution < -0.4 is 11.0 Å². The predicted octanol–water partition coefficient (Wildman–Crippen LogP) is 4.63. The molecule has 188 valence electrons. The number of amides is 1. The summed E-state index contributed by atoms with van der Waals surface area (Å²) in [4.78, 5) is 48.5. The van der Waals surface area contributed by atoms with Gasteiger partial charge in [-0.2, -0.15) is 4.99 Å². The summed E-state index contributed by atoms with van der Waals surface area (Å²) in [6, 6.07) is 5.06. The van der Waals surface area contributed by atoms with Crippen LogP contribution in [0.1, 0.15) is 43.1 Å². The van der Waals surface area contributed by atoms with Gasteiger partial charge in [-0.3, -0.25) is 14.0 Å². The molecule has 9 heteroatoms. The number of hydrogen-bond donors (Lipinski definition) is 0. The van der Waals surface area contributed by atoms with Crippen LogP contribution in [0, 0.1) is 12.8 Å². The summed E-state index contributed by atoms with van der Waals surface area (Å²) < 4.78 is 9.00. The number of aryl methyl sites for hydroxylation is 1. The number of allylic oxidation sites excluding steroid dienone is 4. The molecule has 0 N–H and O–H groups in total. The number of aromatic nitrogens is 3. The van der Waals surface area contributed by atoms with Gasteiger partial charge in [-0.1, -0.05) is 66.7 Å². The molecular weight excluding hydrogens is 524 g/mol. The molecule has 36 heavy (non-hydrogen) atoms. The highest BCUT2D eigenvalue weighted by molar-refractivity contribution is 9.11. The van der Waals surface area contributed by atoms with E-state index in [0.29, 0.717) is 22.3 Å². The maximum Gasteiger partial charge on any atom is 0.341 e. The van der Waals surface area contributed by atoms with Crippen LogP contribution in [0.5, 0.6) is 0 Å². The number of ether oxygens (including phenoxy) is 1. The van der Waals surface area contributed by atoms with E-state index in [1.165, 1.54) is 10.5 Å². The molecule has 0 radical (unpaired) electrons. The first-order valence-corrected chi connectivity index (χ1v) is 12.4. The Morgan fingerprint density at radius 3 is 2.69 bits per heavy atom. The van der Waals surface area contributed by atoms with Crippen molar-refractivity contribution in [3.05, 3.63) is 86.7 Å². The van der Waals surface area contributed by atoms with E-state index in [1.807, 2.05) is 26.8 Å². The van der Waals surface area contributed by atoms with E-state index in [4.69, 9.17) is 9.72 Å². The lowest BCUT2D eigenvalue weighted by Gasteiger charge is -2.17. The first kappa shape index (κ1) is 27.0. The van der Waals surface area contributed by atoms with E-state index in [0.717, 1.165) is 5.56 Å². The lowest BCUT2D eigenvalue weighted by molar-refractivity contribution is -0.117. The molecule has 1 amide bonds. The van der Waals surface area contributed by atoms with Crippen LogP contribution in [0.15, 0.2) is 69.5 Å². The van der Waals surface area contributed by atoms with Crippen molar-refractivity contribution >= 4 is 44.5 Å². The van der Waals surface area contributed by atoms with Crippen LogP contribution in [0.2, 0.25) is 0 Å². The molecule has 0 unspecified atom stereocenters. The van der Waals surface area contributed by atoms with Crippen molar-refractivity contribution in [2.45, 2.75) is 40.7 Å². The second-order valence-corrected chi connectivity index (χ2v) is 9.58. The third kappa shape index (κ3) is 5.96. The smallest absolute Gasteiger partial charge is 0.341 e. The molecule has 0 aliphatic heterocycles. The summed E-state index contributed by atoms with van der Waals surface area (Å²) >= 11 is 3.38. The topological polar surface area (TPSA) is 95.0 Å². The average Bonchev–Trinajstić information content (AvgIpc) is 2.81. The minimum absolute atomic E-state index is 0.0175. The SMILES string of the molecule is C=C/C=C\C=C(\Br)CC(=O)N=c1c(C(=O)OCC)cc2c(=O)n3cccc(C)c3nc2n1CC(C)C. The summed E-state index contributed by atoms with van der Waals surface area (Å²) in [6.07, 6.45) is 8.45. The Balaban J connectivity index is 2.40. The van der Waals surface area contributed by atoms with Gasteiger partial charge in [0.25, 0.3) is 11.5 Å². The number of rotatable bonds is 8. The standard InChI is InChI=1S/C27H29BrN4O4/c1-6-8-9-12-19(28)14-22(33)29-25-21(27(35)36-7-2)15-20-24(32(25)16-17(3)4)30-23-18(5)11-10-13-31(23)26(20)34/h6,8-13,15,17H,1,7,14,16H2,2-5H3/b9-8-,19-12+,29-25?. The van der Waals surface area contributed by atoms with Crippen molar-refractivity contribution in [1.29, 1.82) is 0 Å². The van der Waals surface area contributed by atoms with Gasteiger partial charge in [0.05, 0.1) is 18.4 Å². The lowest BCUT2D eigenvalue weighted by atomic mass is 10.1. The second-order valence-electron chi connectivity index (χ2n) is 8.56. The van der Waals surface area contributed by atoms with Crippen molar-refractivity contribution in [2.75, 3.05) is 6.61 Å². The Kier molecular flexibility index (Phi) is 8.93. The van der Waals surface area contributed by atoms with Crippen LogP contribution in [0.25, 0.3) is 16.7 Å². The maximum atomic E-state index is 13.4. The number of carbonyl (C=O) groups is 2. The van der Waals surface area contributed by atoms with Gasteiger partial charge in [0, 0.05) is 17.2 Å². The van der Waals surface area contributed by atoms with Crippen molar-refractivity contribution in [1.82, 2.24) is 14.0 Å². The van der Waals surface area contributed by atoms with E-state index in [9.17, 15) is 14.4 Å². The molecular formula is C27H29BrN4O4. The van der Waals surface area contributed by atoms with Gasteiger partial charge in [-0.25, -0.2) is 9.78 Å². The molecule has 3 aromatic rings. The Hall–Kier alpha value is -3.59. The Bertz CT molecular complexity index is 1530. The molecule has 0 aliphatic carbocycles. The fourth-order valence-corrected chi connectivity index (χ4v) is 4.10. The molecule has 3 rings (SSSR count). The van der Waals surface area contributed by atoms with Gasteiger partial charge in [0.1, 0.15) is 16.9 Å². The zero-order chi connectivity index (χ0) is 26.4. The Morgan fingerprint density at radius 1 is 1.28 bits per heavy atom. The van der Waals surface area contributed by atoms with Gasteiger partial charge < -0.3 is 9.30 Å². The van der Waals surface area contributed by atoms with Gasteiger partial charge in [0.15, 0.2) is 5.49 Å².